The van der Waals surface area contributed by atoms with Crippen LogP contribution in [0, 0.1) is 19.3 Å². The highest BCUT2D eigenvalue weighted by Crippen LogP contribution is 2.53. The van der Waals surface area contributed by atoms with Crippen molar-refractivity contribution in [1.82, 2.24) is 4.90 Å². The van der Waals surface area contributed by atoms with Crippen LogP contribution in [0.5, 0.6) is 5.75 Å². The lowest BCUT2D eigenvalue weighted by atomic mass is 9.64. The molecule has 1 aromatic heterocycles. The number of nitrogens with zero attached hydrogens (tertiary/aromatic N) is 1. The Kier molecular flexibility index (Phi) is 5.78. The topological polar surface area (TPSA) is 72.1 Å². The first-order valence-corrected chi connectivity index (χ1v) is 11.5. The molecule has 32 heavy (non-hydrogen) atoms. The van der Waals surface area contributed by atoms with Crippen molar-refractivity contribution < 1.29 is 23.8 Å². The minimum atomic E-state index is -0.794. The number of amides is 1. The SMILES string of the molecule is COc1cc(C)ccc1-c1oc(C(O)C23CCC(CC2)N(C(=O)OC(C)(C)C)C3)cc1C. The second-order valence-electron chi connectivity index (χ2n) is 10.5. The average molecular weight is 442 g/mol. The fraction of sp³-hybridized carbons (Fsp3) is 0.577. The summed E-state index contributed by atoms with van der Waals surface area (Å²) in [4.78, 5) is 14.7. The van der Waals surface area contributed by atoms with Crippen LogP contribution in [-0.4, -0.2) is 41.4 Å². The number of carbonyl (C=O) groups excluding carboxylic acids is 1. The number of fused-ring (bicyclic) bond motifs is 3. The summed E-state index contributed by atoms with van der Waals surface area (Å²) in [5, 5.41) is 11.5. The van der Waals surface area contributed by atoms with Gasteiger partial charge in [0.05, 0.1) is 12.7 Å². The summed E-state index contributed by atoms with van der Waals surface area (Å²) in [7, 11) is 1.65. The lowest BCUT2D eigenvalue weighted by Gasteiger charge is -2.53. The van der Waals surface area contributed by atoms with Crippen LogP contribution >= 0.6 is 0 Å². The minimum absolute atomic E-state index is 0.185. The van der Waals surface area contributed by atoms with Crippen molar-refractivity contribution in [2.45, 2.75) is 78.0 Å². The standard InChI is InChI=1S/C26H35NO5/c1-16-7-8-19(20(13-16)30-6)22-17(2)14-21(31-22)23(28)26-11-9-18(10-12-26)27(15-26)24(29)32-25(3,4)5/h7-8,13-14,18,23,28H,9-12,15H2,1-6H3. The maximum atomic E-state index is 12.8. The summed E-state index contributed by atoms with van der Waals surface area (Å²) in [6.07, 6.45) is 2.38. The zero-order valence-electron chi connectivity index (χ0n) is 20.0. The van der Waals surface area contributed by atoms with E-state index in [0.717, 1.165) is 48.1 Å². The normalized spacial score (nSPS) is 23.8. The van der Waals surface area contributed by atoms with E-state index in [0.29, 0.717) is 18.1 Å². The Morgan fingerprint density at radius 3 is 2.53 bits per heavy atom. The van der Waals surface area contributed by atoms with Crippen molar-refractivity contribution in [3.63, 3.8) is 0 Å². The van der Waals surface area contributed by atoms with E-state index in [4.69, 9.17) is 13.9 Å². The maximum Gasteiger partial charge on any atom is 0.410 e. The second-order valence-corrected chi connectivity index (χ2v) is 10.5. The Hall–Kier alpha value is -2.47. The van der Waals surface area contributed by atoms with Crippen LogP contribution in [0.1, 0.15) is 69.4 Å². The second kappa shape index (κ2) is 8.14. The van der Waals surface area contributed by atoms with Gasteiger partial charge in [-0.25, -0.2) is 4.79 Å². The van der Waals surface area contributed by atoms with Gasteiger partial charge in [-0.2, -0.15) is 0 Å². The van der Waals surface area contributed by atoms with Crippen molar-refractivity contribution >= 4 is 6.09 Å². The lowest BCUT2D eigenvalue weighted by Crippen LogP contribution is -2.58. The highest BCUT2D eigenvalue weighted by atomic mass is 16.6. The van der Waals surface area contributed by atoms with Gasteiger partial charge < -0.3 is 23.9 Å². The molecule has 2 bridgehead atoms. The van der Waals surface area contributed by atoms with E-state index in [2.05, 4.69) is 0 Å². The maximum absolute atomic E-state index is 12.8. The van der Waals surface area contributed by atoms with Gasteiger partial charge in [-0.05, 0) is 89.6 Å². The van der Waals surface area contributed by atoms with Gasteiger partial charge in [-0.15, -0.1) is 0 Å². The Morgan fingerprint density at radius 2 is 1.91 bits per heavy atom. The van der Waals surface area contributed by atoms with Crippen molar-refractivity contribution in [3.05, 3.63) is 41.2 Å². The summed E-state index contributed by atoms with van der Waals surface area (Å²) in [6, 6.07) is 8.10. The number of aryl methyl sites for hydroxylation is 2. The first-order chi connectivity index (χ1) is 15.0. The van der Waals surface area contributed by atoms with Crippen LogP contribution < -0.4 is 4.74 Å². The van der Waals surface area contributed by atoms with E-state index < -0.39 is 17.1 Å². The number of furan rings is 1. The van der Waals surface area contributed by atoms with E-state index >= 15 is 0 Å². The molecule has 1 atom stereocenters. The molecule has 0 spiro atoms. The van der Waals surface area contributed by atoms with Crippen LogP contribution in [-0.2, 0) is 4.74 Å². The summed E-state index contributed by atoms with van der Waals surface area (Å²) in [5.74, 6) is 2.00. The molecule has 6 nitrogen and oxygen atoms in total. The molecule has 1 unspecified atom stereocenters. The molecular formula is C26H35NO5. The molecule has 2 saturated heterocycles. The first kappa shape index (κ1) is 22.7. The van der Waals surface area contributed by atoms with E-state index in [1.165, 1.54) is 0 Å². The van der Waals surface area contributed by atoms with Gasteiger partial charge >= 0.3 is 6.09 Å². The molecule has 174 valence electrons. The monoisotopic (exact) mass is 441 g/mol. The smallest absolute Gasteiger partial charge is 0.410 e. The number of hydrogen-bond donors (Lipinski definition) is 1. The number of aliphatic hydroxyl groups excluding tert-OH is 1. The number of ether oxygens (including phenoxy) is 2. The Morgan fingerprint density at radius 1 is 1.22 bits per heavy atom. The van der Waals surface area contributed by atoms with E-state index in [1.807, 2.05) is 63.8 Å². The molecule has 2 aromatic rings. The molecule has 6 heteroatoms. The number of benzene rings is 1. The molecule has 1 aliphatic carbocycles. The molecule has 0 radical (unpaired) electrons. The fourth-order valence-electron chi connectivity index (χ4n) is 5.21. The first-order valence-electron chi connectivity index (χ1n) is 11.5. The number of methoxy groups -OCH3 is 1. The van der Waals surface area contributed by atoms with Crippen molar-refractivity contribution in [1.29, 1.82) is 0 Å². The Balaban J connectivity index is 1.61. The highest BCUT2D eigenvalue weighted by Gasteiger charge is 2.52. The average Bonchev–Trinajstić information content (AvgIpc) is 3.13. The van der Waals surface area contributed by atoms with Crippen LogP contribution in [0.3, 0.4) is 0 Å². The van der Waals surface area contributed by atoms with Gasteiger partial charge in [0.25, 0.3) is 0 Å². The summed E-state index contributed by atoms with van der Waals surface area (Å²) in [6.45, 7) is 10.1. The van der Waals surface area contributed by atoms with Crippen LogP contribution in [0.15, 0.2) is 28.7 Å². The predicted octanol–water partition coefficient (Wildman–Crippen LogP) is 5.79. The summed E-state index contributed by atoms with van der Waals surface area (Å²) >= 11 is 0. The van der Waals surface area contributed by atoms with E-state index in [-0.39, 0.29) is 12.1 Å². The van der Waals surface area contributed by atoms with Crippen molar-refractivity contribution in [3.8, 4) is 17.1 Å². The van der Waals surface area contributed by atoms with E-state index in [9.17, 15) is 9.90 Å². The number of hydrogen-bond acceptors (Lipinski definition) is 5. The highest BCUT2D eigenvalue weighted by molar-refractivity contribution is 5.70. The minimum Gasteiger partial charge on any atom is -0.496 e. The zero-order chi connectivity index (χ0) is 23.3. The number of piperidine rings is 2. The Labute approximate surface area is 190 Å². The molecule has 1 aromatic carbocycles. The quantitative estimate of drug-likeness (QED) is 0.651. The van der Waals surface area contributed by atoms with Gasteiger partial charge in [-0.3, -0.25) is 0 Å². The van der Waals surface area contributed by atoms with Gasteiger partial charge in [0.15, 0.2) is 0 Å². The molecule has 3 fully saturated rings. The van der Waals surface area contributed by atoms with Crippen LogP contribution in [0.25, 0.3) is 11.3 Å². The molecule has 1 saturated carbocycles. The van der Waals surface area contributed by atoms with Gasteiger partial charge in [-0.1, -0.05) is 6.07 Å². The third kappa shape index (κ3) is 4.13. The van der Waals surface area contributed by atoms with Crippen LogP contribution in [0.4, 0.5) is 4.79 Å². The lowest BCUT2D eigenvalue weighted by molar-refractivity contribution is -0.102. The number of rotatable bonds is 4. The third-order valence-corrected chi connectivity index (χ3v) is 6.89. The zero-order valence-corrected chi connectivity index (χ0v) is 20.0. The molecule has 5 rings (SSSR count). The summed E-state index contributed by atoms with van der Waals surface area (Å²) < 4.78 is 17.5. The molecule has 1 amide bonds. The third-order valence-electron chi connectivity index (χ3n) is 6.89. The largest absolute Gasteiger partial charge is 0.496 e. The van der Waals surface area contributed by atoms with Gasteiger partial charge in [0, 0.05) is 18.0 Å². The Bertz CT molecular complexity index is 994. The predicted molar refractivity (Wildman–Crippen MR) is 123 cm³/mol. The van der Waals surface area contributed by atoms with Crippen LogP contribution in [0.2, 0.25) is 0 Å². The molecular weight excluding hydrogens is 406 g/mol. The van der Waals surface area contributed by atoms with E-state index in [1.54, 1.807) is 7.11 Å². The van der Waals surface area contributed by atoms with Crippen molar-refractivity contribution in [2.24, 2.45) is 5.41 Å². The number of carbonyl (C=O) groups is 1. The fourth-order valence-corrected chi connectivity index (χ4v) is 5.21. The molecule has 3 heterocycles. The number of aliphatic hydroxyl groups is 1. The van der Waals surface area contributed by atoms with Crippen molar-refractivity contribution in [2.75, 3.05) is 13.7 Å². The molecule has 3 aliphatic rings. The molecule has 1 N–H and O–H groups in total. The summed E-state index contributed by atoms with van der Waals surface area (Å²) in [5.41, 5.74) is 1.96. The van der Waals surface area contributed by atoms with Gasteiger partial charge in [0.2, 0.25) is 0 Å². The van der Waals surface area contributed by atoms with Gasteiger partial charge in [0.1, 0.15) is 29.0 Å². The molecule has 2 aliphatic heterocycles.